The molecule has 2 heterocycles. The number of thiophene rings is 1. The Morgan fingerprint density at radius 3 is 2.70 bits per heavy atom. The Morgan fingerprint density at radius 2 is 2.10 bits per heavy atom. The van der Waals surface area contributed by atoms with E-state index in [-0.39, 0.29) is 12.1 Å². The van der Waals surface area contributed by atoms with Gasteiger partial charge in [-0.1, -0.05) is 13.0 Å². The number of hydrogen-bond acceptors (Lipinski definition) is 4. The van der Waals surface area contributed by atoms with Gasteiger partial charge in [0.25, 0.3) is 0 Å². The topological polar surface area (TPSA) is 45.4 Å². The van der Waals surface area contributed by atoms with Crippen LogP contribution in [0, 0.1) is 0 Å². The van der Waals surface area contributed by atoms with E-state index in [1.807, 2.05) is 29.6 Å². The van der Waals surface area contributed by atoms with E-state index in [0.717, 1.165) is 22.8 Å². The zero-order chi connectivity index (χ0) is 14.5. The molecule has 0 aliphatic carbocycles. The van der Waals surface area contributed by atoms with Gasteiger partial charge in [-0.05, 0) is 43.8 Å². The molecule has 2 aromatic rings. The molecule has 0 fully saturated rings. The van der Waals surface area contributed by atoms with Gasteiger partial charge in [-0.3, -0.25) is 0 Å². The van der Waals surface area contributed by atoms with Gasteiger partial charge in [-0.15, -0.1) is 11.3 Å². The van der Waals surface area contributed by atoms with Gasteiger partial charge in [0.15, 0.2) is 0 Å². The van der Waals surface area contributed by atoms with Crippen molar-refractivity contribution in [3.05, 3.63) is 46.0 Å². The third-order valence-corrected chi connectivity index (χ3v) is 4.41. The lowest BCUT2D eigenvalue weighted by atomic mass is 10.1. The highest BCUT2D eigenvalue weighted by molar-refractivity contribution is 7.10. The smallest absolute Gasteiger partial charge is 0.120 e. The SMILES string of the molecule is CCc1ccc(C(C)NC(C)CC(O)c2cccs2)o1. The van der Waals surface area contributed by atoms with E-state index in [1.54, 1.807) is 11.3 Å². The zero-order valence-electron chi connectivity index (χ0n) is 12.3. The fourth-order valence-corrected chi connectivity index (χ4v) is 3.05. The predicted octanol–water partition coefficient (Wildman–Crippen LogP) is 4.07. The second-order valence-electron chi connectivity index (χ2n) is 5.21. The predicted molar refractivity (Wildman–Crippen MR) is 83.0 cm³/mol. The second-order valence-corrected chi connectivity index (χ2v) is 6.19. The van der Waals surface area contributed by atoms with E-state index in [1.165, 1.54) is 0 Å². The van der Waals surface area contributed by atoms with Crippen LogP contribution in [-0.4, -0.2) is 11.1 Å². The molecule has 0 bridgehead atoms. The van der Waals surface area contributed by atoms with Crippen molar-refractivity contribution < 1.29 is 9.52 Å². The van der Waals surface area contributed by atoms with Crippen LogP contribution in [0.1, 0.15) is 55.7 Å². The number of nitrogens with one attached hydrogen (secondary N) is 1. The summed E-state index contributed by atoms with van der Waals surface area (Å²) in [5, 5.41) is 15.6. The van der Waals surface area contributed by atoms with Gasteiger partial charge in [0.2, 0.25) is 0 Å². The lowest BCUT2D eigenvalue weighted by Crippen LogP contribution is -2.30. The molecule has 20 heavy (non-hydrogen) atoms. The van der Waals surface area contributed by atoms with E-state index < -0.39 is 6.10 Å². The summed E-state index contributed by atoms with van der Waals surface area (Å²) in [7, 11) is 0. The summed E-state index contributed by atoms with van der Waals surface area (Å²) < 4.78 is 5.75. The minimum Gasteiger partial charge on any atom is -0.464 e. The van der Waals surface area contributed by atoms with Crippen molar-refractivity contribution in [1.82, 2.24) is 5.32 Å². The first kappa shape index (κ1) is 15.3. The van der Waals surface area contributed by atoms with E-state index in [0.29, 0.717) is 6.42 Å². The highest BCUT2D eigenvalue weighted by Crippen LogP contribution is 2.24. The Labute approximate surface area is 124 Å². The summed E-state index contributed by atoms with van der Waals surface area (Å²) in [4.78, 5) is 1.03. The third kappa shape index (κ3) is 3.95. The van der Waals surface area contributed by atoms with Gasteiger partial charge in [-0.2, -0.15) is 0 Å². The zero-order valence-corrected chi connectivity index (χ0v) is 13.1. The van der Waals surface area contributed by atoms with Crippen LogP contribution in [0.2, 0.25) is 0 Å². The summed E-state index contributed by atoms with van der Waals surface area (Å²) in [6, 6.07) is 8.38. The highest BCUT2D eigenvalue weighted by Gasteiger charge is 2.17. The Hall–Kier alpha value is -1.10. The number of hydrogen-bond donors (Lipinski definition) is 2. The Kier molecular flexibility index (Phi) is 5.40. The minimum atomic E-state index is -0.396. The minimum absolute atomic E-state index is 0.154. The molecule has 0 amide bonds. The van der Waals surface area contributed by atoms with Crippen molar-refractivity contribution in [3.63, 3.8) is 0 Å². The molecule has 0 saturated heterocycles. The fourth-order valence-electron chi connectivity index (χ4n) is 2.33. The van der Waals surface area contributed by atoms with Gasteiger partial charge in [0.1, 0.15) is 11.5 Å². The van der Waals surface area contributed by atoms with Crippen LogP contribution in [0.5, 0.6) is 0 Å². The molecular weight excluding hydrogens is 270 g/mol. The molecule has 4 heteroatoms. The van der Waals surface area contributed by atoms with E-state index in [4.69, 9.17) is 4.42 Å². The number of furan rings is 1. The standard InChI is InChI=1S/C16H23NO2S/c1-4-13-7-8-15(19-13)12(3)17-11(2)10-14(18)16-6-5-9-20-16/h5-9,11-12,14,17-18H,4,10H2,1-3H3. The molecule has 0 spiro atoms. The van der Waals surface area contributed by atoms with Crippen LogP contribution in [-0.2, 0) is 6.42 Å². The first-order valence-corrected chi connectivity index (χ1v) is 8.04. The van der Waals surface area contributed by atoms with Crippen LogP contribution in [0.4, 0.5) is 0 Å². The fraction of sp³-hybridized carbons (Fsp3) is 0.500. The largest absolute Gasteiger partial charge is 0.464 e. The van der Waals surface area contributed by atoms with Crippen LogP contribution in [0.15, 0.2) is 34.1 Å². The summed E-state index contributed by atoms with van der Waals surface area (Å²) >= 11 is 1.60. The van der Waals surface area contributed by atoms with E-state index in [2.05, 4.69) is 26.1 Å². The summed E-state index contributed by atoms with van der Waals surface area (Å²) in [5.74, 6) is 1.97. The molecule has 110 valence electrons. The molecule has 2 aromatic heterocycles. The van der Waals surface area contributed by atoms with Crippen molar-refractivity contribution >= 4 is 11.3 Å². The van der Waals surface area contributed by atoms with Crippen molar-refractivity contribution in [2.75, 3.05) is 0 Å². The maximum Gasteiger partial charge on any atom is 0.120 e. The van der Waals surface area contributed by atoms with Gasteiger partial charge >= 0.3 is 0 Å². The molecule has 2 rings (SSSR count). The average molecular weight is 293 g/mol. The van der Waals surface area contributed by atoms with Crippen LogP contribution in [0.25, 0.3) is 0 Å². The average Bonchev–Trinajstić information content (AvgIpc) is 3.09. The van der Waals surface area contributed by atoms with Crippen molar-refractivity contribution in [2.45, 2.75) is 51.8 Å². The number of aliphatic hydroxyl groups is 1. The van der Waals surface area contributed by atoms with Gasteiger partial charge in [0, 0.05) is 17.3 Å². The molecule has 0 aliphatic rings. The van der Waals surface area contributed by atoms with E-state index in [9.17, 15) is 5.11 Å². The lowest BCUT2D eigenvalue weighted by Gasteiger charge is -2.20. The first-order valence-electron chi connectivity index (χ1n) is 7.16. The Morgan fingerprint density at radius 1 is 1.30 bits per heavy atom. The van der Waals surface area contributed by atoms with Gasteiger partial charge < -0.3 is 14.8 Å². The Balaban J connectivity index is 1.85. The number of rotatable bonds is 7. The highest BCUT2D eigenvalue weighted by atomic mass is 32.1. The molecule has 0 aliphatic heterocycles. The molecular formula is C16H23NO2S. The molecule has 2 N–H and O–H groups in total. The summed E-state index contributed by atoms with van der Waals surface area (Å²) in [6.07, 6.45) is 1.22. The molecule has 0 radical (unpaired) electrons. The van der Waals surface area contributed by atoms with Crippen molar-refractivity contribution in [2.24, 2.45) is 0 Å². The monoisotopic (exact) mass is 293 g/mol. The molecule has 0 aromatic carbocycles. The number of aryl methyl sites for hydroxylation is 1. The quantitative estimate of drug-likeness (QED) is 0.809. The first-order chi connectivity index (χ1) is 9.60. The van der Waals surface area contributed by atoms with E-state index >= 15 is 0 Å². The summed E-state index contributed by atoms with van der Waals surface area (Å²) in [5.41, 5.74) is 0. The van der Waals surface area contributed by atoms with Crippen molar-refractivity contribution in [1.29, 1.82) is 0 Å². The lowest BCUT2D eigenvalue weighted by molar-refractivity contribution is 0.154. The summed E-state index contributed by atoms with van der Waals surface area (Å²) in [6.45, 7) is 6.27. The van der Waals surface area contributed by atoms with Crippen molar-refractivity contribution in [3.8, 4) is 0 Å². The molecule has 3 nitrogen and oxygen atoms in total. The Bertz CT molecular complexity index is 506. The molecule has 3 atom stereocenters. The molecule has 3 unspecified atom stereocenters. The maximum atomic E-state index is 10.2. The van der Waals surface area contributed by atoms with Gasteiger partial charge in [-0.25, -0.2) is 0 Å². The number of aliphatic hydroxyl groups excluding tert-OH is 1. The molecule has 0 saturated carbocycles. The third-order valence-electron chi connectivity index (χ3n) is 3.44. The van der Waals surface area contributed by atoms with Crippen LogP contribution < -0.4 is 5.32 Å². The second kappa shape index (κ2) is 7.07. The normalized spacial score (nSPS) is 16.0. The van der Waals surface area contributed by atoms with Crippen LogP contribution >= 0.6 is 11.3 Å². The van der Waals surface area contributed by atoms with Gasteiger partial charge in [0.05, 0.1) is 12.1 Å². The maximum absolute atomic E-state index is 10.2. The van der Waals surface area contributed by atoms with Crippen LogP contribution in [0.3, 0.4) is 0 Å².